The van der Waals surface area contributed by atoms with Crippen molar-refractivity contribution >= 4 is 48.5 Å². The highest BCUT2D eigenvalue weighted by Gasteiger charge is 2.01. The number of thiophene rings is 1. The molecule has 0 spiro atoms. The molecular formula is C6H7B2S2. The van der Waals surface area contributed by atoms with Crippen molar-refractivity contribution in [2.24, 2.45) is 0 Å². The first-order chi connectivity index (χ1) is 4.77. The highest BCUT2D eigenvalue weighted by molar-refractivity contribution is 8.00. The molecule has 0 N–H and O–H groups in total. The van der Waals surface area contributed by atoms with Crippen LogP contribution in [0.4, 0.5) is 0 Å². The Kier molecular flexibility index (Phi) is 2.93. The summed E-state index contributed by atoms with van der Waals surface area (Å²) in [5.74, 6) is 0. The number of hydrogen-bond donors (Lipinski definition) is 0. The smallest absolute Gasteiger partial charge is 0.145 e. The Morgan fingerprint density at radius 2 is 2.40 bits per heavy atom. The van der Waals surface area contributed by atoms with E-state index < -0.39 is 0 Å². The number of thioether (sulfide) groups is 1. The summed E-state index contributed by atoms with van der Waals surface area (Å²) in [6.45, 7) is 2.01. The molecule has 4 heteroatoms. The minimum Gasteiger partial charge on any atom is -0.145 e. The van der Waals surface area contributed by atoms with Crippen LogP contribution in [-0.4, -0.2) is 21.4 Å². The molecule has 1 heterocycles. The molecule has 3 radical (unpaired) electrons. The molecule has 0 aliphatic rings. The lowest BCUT2D eigenvalue weighted by Gasteiger charge is -1.87. The number of rotatable bonds is 2. The minimum absolute atomic E-state index is 0.900. The van der Waals surface area contributed by atoms with Crippen LogP contribution in [0.15, 0.2) is 10.3 Å². The molecule has 1 rings (SSSR count). The Hall–Kier alpha value is 0.180. The molecule has 0 nitrogen and oxygen atoms in total. The van der Waals surface area contributed by atoms with Crippen molar-refractivity contribution in [1.29, 1.82) is 0 Å². The fourth-order valence-electron chi connectivity index (χ4n) is 0.721. The second-order valence-electron chi connectivity index (χ2n) is 1.88. The Labute approximate surface area is 72.1 Å². The van der Waals surface area contributed by atoms with Gasteiger partial charge in [0.05, 0.1) is 4.21 Å². The van der Waals surface area contributed by atoms with Crippen LogP contribution in [-0.2, 0) is 0 Å². The summed E-state index contributed by atoms with van der Waals surface area (Å²) in [6, 6.07) is 2.02. The van der Waals surface area contributed by atoms with E-state index in [0.717, 1.165) is 5.46 Å². The second kappa shape index (κ2) is 3.54. The van der Waals surface area contributed by atoms with Gasteiger partial charge in [0, 0.05) is 0 Å². The van der Waals surface area contributed by atoms with Gasteiger partial charge >= 0.3 is 0 Å². The van der Waals surface area contributed by atoms with Crippen LogP contribution in [0.25, 0.3) is 0 Å². The third kappa shape index (κ3) is 1.61. The Bertz CT molecular complexity index is 220. The molecule has 0 aromatic carbocycles. The quantitative estimate of drug-likeness (QED) is 0.457. The first kappa shape index (κ1) is 8.28. The van der Waals surface area contributed by atoms with Crippen LogP contribution in [0.3, 0.4) is 0 Å². The van der Waals surface area contributed by atoms with E-state index in [4.69, 9.17) is 7.85 Å². The van der Waals surface area contributed by atoms with Crippen molar-refractivity contribution in [2.45, 2.75) is 11.0 Å². The van der Waals surface area contributed by atoms with E-state index >= 15 is 0 Å². The van der Waals surface area contributed by atoms with Crippen molar-refractivity contribution in [3.05, 3.63) is 6.07 Å². The lowest BCUT2D eigenvalue weighted by Crippen LogP contribution is -2.23. The van der Waals surface area contributed by atoms with Gasteiger partial charge in [0.2, 0.25) is 0 Å². The van der Waals surface area contributed by atoms with Gasteiger partial charge in [-0.25, -0.2) is 0 Å². The Morgan fingerprint density at radius 1 is 1.70 bits per heavy atom. The molecule has 1 aromatic rings. The van der Waals surface area contributed by atoms with Crippen LogP contribution in [0.5, 0.6) is 0 Å². The maximum absolute atomic E-state index is 5.69. The fourth-order valence-corrected chi connectivity index (χ4v) is 2.27. The SMILES string of the molecule is [B]c1cc(SC)sc1[B]C. The Balaban J connectivity index is 2.92. The maximum Gasteiger partial charge on any atom is 0.161 e. The largest absolute Gasteiger partial charge is 0.161 e. The van der Waals surface area contributed by atoms with Gasteiger partial charge in [0.25, 0.3) is 0 Å². The summed E-state index contributed by atoms with van der Waals surface area (Å²) in [6.07, 6.45) is 2.06. The van der Waals surface area contributed by atoms with Crippen LogP contribution >= 0.6 is 23.1 Å². The molecule has 1 aromatic heterocycles. The summed E-state index contributed by atoms with van der Waals surface area (Å²) >= 11 is 3.48. The van der Waals surface area contributed by atoms with E-state index in [0.29, 0.717) is 0 Å². The van der Waals surface area contributed by atoms with Crippen LogP contribution in [0.1, 0.15) is 0 Å². The molecule has 0 atom stereocenters. The maximum atomic E-state index is 5.69. The van der Waals surface area contributed by atoms with E-state index in [1.54, 1.807) is 23.1 Å². The first-order valence-corrected chi connectivity index (χ1v) is 5.04. The third-order valence-corrected chi connectivity index (χ3v) is 3.51. The zero-order chi connectivity index (χ0) is 7.56. The van der Waals surface area contributed by atoms with Gasteiger partial charge in [0.15, 0.2) is 7.28 Å². The van der Waals surface area contributed by atoms with Crippen molar-refractivity contribution in [1.82, 2.24) is 0 Å². The second-order valence-corrected chi connectivity index (χ2v) is 4.07. The van der Waals surface area contributed by atoms with E-state index in [-0.39, 0.29) is 0 Å². The molecule has 49 valence electrons. The van der Waals surface area contributed by atoms with Crippen molar-refractivity contribution < 1.29 is 0 Å². The van der Waals surface area contributed by atoms with E-state index in [1.165, 1.54) is 8.99 Å². The first-order valence-electron chi connectivity index (χ1n) is 3.00. The molecule has 0 amide bonds. The van der Waals surface area contributed by atoms with E-state index in [1.807, 2.05) is 20.2 Å². The molecule has 0 saturated carbocycles. The molecule has 0 bridgehead atoms. The minimum atomic E-state index is 0.900. The van der Waals surface area contributed by atoms with Crippen LogP contribution < -0.4 is 10.2 Å². The van der Waals surface area contributed by atoms with Crippen LogP contribution in [0, 0.1) is 0 Å². The summed E-state index contributed by atoms with van der Waals surface area (Å²) in [5, 5.41) is 0. The van der Waals surface area contributed by atoms with Gasteiger partial charge < -0.3 is 0 Å². The average molecular weight is 165 g/mol. The standard InChI is InChI=1S/C6H7B2S2/c1-8-6-4(7)3-5(9-2)10-6/h3H,1-2H3. The molecule has 0 aliphatic heterocycles. The molecular weight excluding hydrogens is 158 g/mol. The molecule has 0 fully saturated rings. The molecule has 0 aliphatic carbocycles. The van der Waals surface area contributed by atoms with Crippen LogP contribution in [0.2, 0.25) is 6.82 Å². The highest BCUT2D eigenvalue weighted by Crippen LogP contribution is 2.16. The molecule has 0 unspecified atom stereocenters. The van der Waals surface area contributed by atoms with Gasteiger partial charge in [-0.05, 0) is 17.1 Å². The summed E-state index contributed by atoms with van der Waals surface area (Å²) in [5.41, 5.74) is 0.900. The predicted octanol–water partition coefficient (Wildman–Crippen LogP) is 0.641. The fraction of sp³-hybridized carbons (Fsp3) is 0.333. The van der Waals surface area contributed by atoms with Crippen molar-refractivity contribution in [2.75, 3.05) is 6.26 Å². The van der Waals surface area contributed by atoms with Gasteiger partial charge in [-0.2, -0.15) is 0 Å². The van der Waals surface area contributed by atoms with Gasteiger partial charge in [-0.3, -0.25) is 0 Å². The predicted molar refractivity (Wildman–Crippen MR) is 52.7 cm³/mol. The summed E-state index contributed by atoms with van der Waals surface area (Å²) < 4.78 is 2.47. The van der Waals surface area contributed by atoms with Gasteiger partial charge in [0.1, 0.15) is 7.85 Å². The van der Waals surface area contributed by atoms with Gasteiger partial charge in [-0.15, -0.1) is 23.1 Å². The average Bonchev–Trinajstić information content (AvgIpc) is 2.30. The third-order valence-electron chi connectivity index (χ3n) is 1.23. The lowest BCUT2D eigenvalue weighted by atomic mass is 9.74. The summed E-state index contributed by atoms with van der Waals surface area (Å²) in [7, 11) is 7.73. The zero-order valence-corrected chi connectivity index (χ0v) is 7.68. The zero-order valence-electron chi connectivity index (χ0n) is 6.05. The van der Waals surface area contributed by atoms with E-state index in [2.05, 4.69) is 6.26 Å². The molecule has 10 heavy (non-hydrogen) atoms. The van der Waals surface area contributed by atoms with Gasteiger partial charge in [-0.1, -0.05) is 12.3 Å². The summed E-state index contributed by atoms with van der Waals surface area (Å²) in [4.78, 5) is 0. The number of hydrogen-bond acceptors (Lipinski definition) is 2. The Morgan fingerprint density at radius 3 is 2.70 bits per heavy atom. The lowest BCUT2D eigenvalue weighted by molar-refractivity contribution is 1.78. The monoisotopic (exact) mass is 165 g/mol. The van der Waals surface area contributed by atoms with Crippen molar-refractivity contribution in [3.8, 4) is 0 Å². The normalized spacial score (nSPS) is 9.80. The highest BCUT2D eigenvalue weighted by atomic mass is 32.2. The molecule has 0 saturated heterocycles. The van der Waals surface area contributed by atoms with Crippen molar-refractivity contribution in [3.63, 3.8) is 0 Å². The topological polar surface area (TPSA) is 0 Å². The van der Waals surface area contributed by atoms with E-state index in [9.17, 15) is 0 Å².